The summed E-state index contributed by atoms with van der Waals surface area (Å²) in [4.78, 5) is 25.8. The minimum Gasteiger partial charge on any atom is -0.299 e. The Kier molecular flexibility index (Phi) is 2.11. The number of hydrogen-bond donors (Lipinski definition) is 0. The lowest BCUT2D eigenvalue weighted by Crippen LogP contribution is -2.60. The van der Waals surface area contributed by atoms with Crippen molar-refractivity contribution in [2.75, 3.05) is 0 Å². The predicted molar refractivity (Wildman–Crippen MR) is 84.0 cm³/mol. The van der Waals surface area contributed by atoms with Gasteiger partial charge in [0.05, 0.1) is 0 Å². The zero-order valence-electron chi connectivity index (χ0n) is 13.9. The molecule has 2 heteroatoms. The normalized spacial score (nSPS) is 46.2. The molecule has 116 valence electrons. The van der Waals surface area contributed by atoms with Gasteiger partial charge < -0.3 is 0 Å². The van der Waals surface area contributed by atoms with Crippen LogP contribution >= 0.6 is 0 Å². The third-order valence-electron chi connectivity index (χ3n) is 8.11. The second-order valence-corrected chi connectivity index (χ2v) is 9.43. The molecular weight excluding hydrogens is 272 g/mol. The van der Waals surface area contributed by atoms with Crippen LogP contribution in [0.2, 0.25) is 0 Å². The van der Waals surface area contributed by atoms with Crippen LogP contribution in [-0.2, 0) is 9.59 Å². The molecule has 0 aliphatic heterocycles. The van der Waals surface area contributed by atoms with Crippen molar-refractivity contribution in [3.63, 3.8) is 0 Å². The van der Waals surface area contributed by atoms with Crippen molar-refractivity contribution in [1.82, 2.24) is 0 Å². The molecular formula is C20H24O2. The third-order valence-corrected chi connectivity index (χ3v) is 8.11. The molecule has 4 fully saturated rings. The highest BCUT2D eigenvalue weighted by atomic mass is 16.1. The summed E-state index contributed by atoms with van der Waals surface area (Å²) in [5.74, 6) is 2.43. The maximum atomic E-state index is 12.9. The first-order chi connectivity index (χ1) is 10.2. The summed E-state index contributed by atoms with van der Waals surface area (Å²) in [7, 11) is 0. The van der Waals surface area contributed by atoms with Gasteiger partial charge in [-0.05, 0) is 41.9 Å². The molecule has 7 rings (SSSR count). The summed E-state index contributed by atoms with van der Waals surface area (Å²) in [6.07, 6.45) is 5.05. The lowest BCUT2D eigenvalue weighted by Gasteiger charge is -2.62. The quantitative estimate of drug-likeness (QED) is 0.683. The summed E-state index contributed by atoms with van der Waals surface area (Å²) >= 11 is 0. The van der Waals surface area contributed by atoms with E-state index in [1.165, 1.54) is 11.1 Å². The SMILES string of the molecule is CC1(C)[C@@H]2C[C@H]1C(=O)C1=C2CC2C(=O)[C@@H]3C[C@H](C2=C1)C3(C)C. The Balaban J connectivity index is 1.64. The Labute approximate surface area is 132 Å². The molecule has 0 heterocycles. The molecule has 0 aromatic heterocycles. The molecule has 0 spiro atoms. The second kappa shape index (κ2) is 3.49. The Morgan fingerprint density at radius 2 is 1.55 bits per heavy atom. The molecule has 4 bridgehead atoms. The highest BCUT2D eigenvalue weighted by molar-refractivity contribution is 6.05. The molecule has 7 aliphatic carbocycles. The largest absolute Gasteiger partial charge is 0.299 e. The van der Waals surface area contributed by atoms with Crippen molar-refractivity contribution >= 4 is 11.6 Å². The van der Waals surface area contributed by atoms with Crippen LogP contribution in [0.4, 0.5) is 0 Å². The molecule has 0 aromatic carbocycles. The van der Waals surface area contributed by atoms with Crippen LogP contribution in [-0.4, -0.2) is 11.6 Å². The number of ketones is 2. The Bertz CT molecular complexity index is 703. The number of rotatable bonds is 0. The molecule has 1 unspecified atom stereocenters. The van der Waals surface area contributed by atoms with E-state index in [4.69, 9.17) is 0 Å². The van der Waals surface area contributed by atoms with Gasteiger partial charge in [0, 0.05) is 23.3 Å². The van der Waals surface area contributed by atoms with E-state index in [1.807, 2.05) is 0 Å². The van der Waals surface area contributed by atoms with Gasteiger partial charge in [0.15, 0.2) is 5.78 Å². The monoisotopic (exact) mass is 296 g/mol. The van der Waals surface area contributed by atoms with E-state index in [0.717, 1.165) is 24.8 Å². The Morgan fingerprint density at radius 3 is 2.18 bits per heavy atom. The molecule has 7 aliphatic rings. The smallest absolute Gasteiger partial charge is 0.166 e. The third kappa shape index (κ3) is 1.19. The van der Waals surface area contributed by atoms with E-state index in [1.54, 1.807) is 0 Å². The summed E-state index contributed by atoms with van der Waals surface area (Å²) in [6, 6.07) is 0. The average Bonchev–Trinajstić information content (AvgIpc) is 2.44. The first-order valence-corrected chi connectivity index (χ1v) is 8.77. The summed E-state index contributed by atoms with van der Waals surface area (Å²) < 4.78 is 0. The summed E-state index contributed by atoms with van der Waals surface area (Å²) in [5.41, 5.74) is 3.83. The molecule has 0 aromatic rings. The highest BCUT2D eigenvalue weighted by Crippen LogP contribution is 2.67. The summed E-state index contributed by atoms with van der Waals surface area (Å²) in [5, 5.41) is 0. The van der Waals surface area contributed by atoms with E-state index in [9.17, 15) is 9.59 Å². The van der Waals surface area contributed by atoms with Gasteiger partial charge in [0.1, 0.15) is 5.78 Å². The lowest BCUT2D eigenvalue weighted by molar-refractivity contribution is -0.149. The minimum atomic E-state index is 0.0938. The number of Topliss-reactive ketones (excluding diaryl/α,β-unsaturated/α-hetero) is 2. The molecule has 5 atom stereocenters. The molecule has 4 saturated carbocycles. The van der Waals surface area contributed by atoms with E-state index < -0.39 is 0 Å². The number of hydrogen-bond acceptors (Lipinski definition) is 2. The van der Waals surface area contributed by atoms with E-state index in [2.05, 4.69) is 33.8 Å². The van der Waals surface area contributed by atoms with Gasteiger partial charge in [-0.25, -0.2) is 0 Å². The van der Waals surface area contributed by atoms with Crippen molar-refractivity contribution in [2.45, 2.75) is 47.0 Å². The fraction of sp³-hybridized carbons (Fsp3) is 0.700. The van der Waals surface area contributed by atoms with Crippen LogP contribution in [0.3, 0.4) is 0 Å². The molecule has 0 saturated heterocycles. The predicted octanol–water partition coefficient (Wildman–Crippen LogP) is 3.72. The molecule has 0 amide bonds. The van der Waals surface area contributed by atoms with Gasteiger partial charge >= 0.3 is 0 Å². The number of allylic oxidation sites excluding steroid dienone is 4. The molecule has 0 radical (unpaired) electrons. The van der Waals surface area contributed by atoms with Crippen LogP contribution in [0.25, 0.3) is 0 Å². The summed E-state index contributed by atoms with van der Waals surface area (Å²) in [6.45, 7) is 8.92. The van der Waals surface area contributed by atoms with Gasteiger partial charge in [0.2, 0.25) is 0 Å². The van der Waals surface area contributed by atoms with E-state index in [-0.39, 0.29) is 28.6 Å². The van der Waals surface area contributed by atoms with Crippen molar-refractivity contribution in [3.8, 4) is 0 Å². The molecule has 0 N–H and O–H groups in total. The van der Waals surface area contributed by atoms with Crippen molar-refractivity contribution in [2.24, 2.45) is 40.4 Å². The van der Waals surface area contributed by atoms with Gasteiger partial charge in [-0.2, -0.15) is 0 Å². The van der Waals surface area contributed by atoms with E-state index >= 15 is 0 Å². The first-order valence-electron chi connectivity index (χ1n) is 8.77. The maximum Gasteiger partial charge on any atom is 0.166 e. The average molecular weight is 296 g/mol. The lowest BCUT2D eigenvalue weighted by atomic mass is 9.40. The van der Waals surface area contributed by atoms with Gasteiger partial charge in [-0.3, -0.25) is 9.59 Å². The first kappa shape index (κ1) is 13.3. The van der Waals surface area contributed by atoms with Crippen molar-refractivity contribution in [3.05, 3.63) is 22.8 Å². The van der Waals surface area contributed by atoms with Gasteiger partial charge in [0.25, 0.3) is 0 Å². The van der Waals surface area contributed by atoms with Crippen LogP contribution in [0.5, 0.6) is 0 Å². The maximum absolute atomic E-state index is 12.9. The van der Waals surface area contributed by atoms with Crippen LogP contribution < -0.4 is 0 Å². The topological polar surface area (TPSA) is 34.1 Å². The number of carbonyl (C=O) groups is 2. The van der Waals surface area contributed by atoms with Gasteiger partial charge in [-0.15, -0.1) is 0 Å². The van der Waals surface area contributed by atoms with Crippen molar-refractivity contribution in [1.29, 1.82) is 0 Å². The highest BCUT2D eigenvalue weighted by Gasteiger charge is 2.63. The number of carbonyl (C=O) groups excluding carboxylic acids is 2. The molecule has 22 heavy (non-hydrogen) atoms. The van der Waals surface area contributed by atoms with Crippen LogP contribution in [0.1, 0.15) is 47.0 Å². The minimum absolute atomic E-state index is 0.0938. The fourth-order valence-corrected chi connectivity index (χ4v) is 6.34. The standard InChI is InChI=1S/C20H24O2/c1-19(2)13-7-15(19)17(21)11-6-10-12(5-9(11)13)18(22)16-8-14(10)20(16,3)4/h5,11,13-16H,6-8H2,1-4H3/t11?,13-,14-,15+,16+/m1/s1. The van der Waals surface area contributed by atoms with E-state index in [0.29, 0.717) is 23.4 Å². The van der Waals surface area contributed by atoms with Crippen LogP contribution in [0.15, 0.2) is 22.8 Å². The molecule has 2 nitrogen and oxygen atoms in total. The zero-order chi connectivity index (χ0) is 15.6. The second-order valence-electron chi connectivity index (χ2n) is 9.43. The zero-order valence-corrected chi connectivity index (χ0v) is 13.9. The van der Waals surface area contributed by atoms with Crippen molar-refractivity contribution < 1.29 is 9.59 Å². The van der Waals surface area contributed by atoms with Crippen LogP contribution in [0, 0.1) is 40.4 Å². The Hall–Kier alpha value is -1.18. The Morgan fingerprint density at radius 1 is 0.909 bits per heavy atom. The fourth-order valence-electron chi connectivity index (χ4n) is 6.34. The van der Waals surface area contributed by atoms with Gasteiger partial charge in [-0.1, -0.05) is 44.9 Å².